The van der Waals surface area contributed by atoms with E-state index in [4.69, 9.17) is 9.47 Å². The molecule has 4 heteroatoms. The molecule has 1 fully saturated rings. The van der Waals surface area contributed by atoms with Crippen LogP contribution in [0.2, 0.25) is 0 Å². The Balaban J connectivity index is 1.88. The Labute approximate surface area is 165 Å². The van der Waals surface area contributed by atoms with Crippen LogP contribution < -0.4 is 0 Å². The number of unbranched alkanes of at least 4 members (excludes halogenated alkanes) is 7. The van der Waals surface area contributed by atoms with Crippen molar-refractivity contribution in [2.45, 2.75) is 88.1 Å². The lowest BCUT2D eigenvalue weighted by Crippen LogP contribution is -2.24. The highest BCUT2D eigenvalue weighted by Gasteiger charge is 2.30. The molecule has 0 N–H and O–H groups in total. The Hall–Kier alpha value is 0.180. The minimum Gasteiger partial charge on any atom is -0.359 e. The van der Waals surface area contributed by atoms with Crippen molar-refractivity contribution in [2.75, 3.05) is 32.0 Å². The third-order valence-corrected chi connectivity index (χ3v) is 8.31. The fourth-order valence-electron chi connectivity index (χ4n) is 3.02. The van der Waals surface area contributed by atoms with Crippen LogP contribution in [0.15, 0.2) is 0 Å². The number of rotatable bonds is 14. The number of methoxy groups -OCH3 is 1. The van der Waals surface area contributed by atoms with E-state index in [9.17, 15) is 0 Å². The summed E-state index contributed by atoms with van der Waals surface area (Å²) in [6.07, 6.45) is 15.1. The Morgan fingerprint density at radius 3 is 2.20 bits per heavy atom. The van der Waals surface area contributed by atoms with Crippen LogP contribution in [0, 0.1) is 11.8 Å². The van der Waals surface area contributed by atoms with E-state index in [0.29, 0.717) is 10.9 Å². The molecular weight excluding hydrogens is 348 g/mol. The van der Waals surface area contributed by atoms with Crippen molar-refractivity contribution in [3.05, 3.63) is 0 Å². The highest BCUT2D eigenvalue weighted by Crippen LogP contribution is 2.47. The van der Waals surface area contributed by atoms with Gasteiger partial charge in [-0.25, -0.2) is 0 Å². The van der Waals surface area contributed by atoms with Crippen LogP contribution in [0.5, 0.6) is 0 Å². The minimum atomic E-state index is 0.423. The predicted octanol–water partition coefficient (Wildman–Crippen LogP) is 6.49. The van der Waals surface area contributed by atoms with Crippen LogP contribution in [0.25, 0.3) is 0 Å². The van der Waals surface area contributed by atoms with Gasteiger partial charge in [-0.15, -0.1) is 35.4 Å². The second-order valence-corrected chi connectivity index (χ2v) is 9.92. The summed E-state index contributed by atoms with van der Waals surface area (Å²) in [5.74, 6) is 9.47. The molecule has 0 amide bonds. The SMILES string of the molecule is CCC1(CCCCC#CCCCCCCCOCOC)SCCCS1. The Bertz CT molecular complexity index is 357. The van der Waals surface area contributed by atoms with Crippen LogP contribution in [0.1, 0.15) is 84.0 Å². The number of thioether (sulfide) groups is 2. The summed E-state index contributed by atoms with van der Waals surface area (Å²) in [5, 5.41) is 0. The molecule has 0 saturated carbocycles. The van der Waals surface area contributed by atoms with Crippen molar-refractivity contribution in [3.63, 3.8) is 0 Å². The van der Waals surface area contributed by atoms with E-state index in [1.807, 2.05) is 0 Å². The molecule has 0 aromatic rings. The van der Waals surface area contributed by atoms with Gasteiger partial charge < -0.3 is 9.47 Å². The van der Waals surface area contributed by atoms with E-state index in [2.05, 4.69) is 42.3 Å². The fourth-order valence-corrected chi connectivity index (χ4v) is 6.34. The molecule has 1 aliphatic rings. The van der Waals surface area contributed by atoms with E-state index in [1.165, 1.54) is 69.3 Å². The van der Waals surface area contributed by atoms with Crippen LogP contribution in [-0.4, -0.2) is 36.1 Å². The highest BCUT2D eigenvalue weighted by atomic mass is 32.2. The third-order valence-electron chi connectivity index (χ3n) is 4.58. The molecule has 1 aliphatic heterocycles. The molecule has 0 aromatic heterocycles. The second kappa shape index (κ2) is 16.4. The molecule has 0 unspecified atom stereocenters. The van der Waals surface area contributed by atoms with Crippen molar-refractivity contribution in [1.29, 1.82) is 0 Å². The van der Waals surface area contributed by atoms with Crippen molar-refractivity contribution in [1.82, 2.24) is 0 Å². The maximum Gasteiger partial charge on any atom is 0.146 e. The predicted molar refractivity (Wildman–Crippen MR) is 114 cm³/mol. The Morgan fingerprint density at radius 2 is 1.52 bits per heavy atom. The molecule has 2 nitrogen and oxygen atoms in total. The normalized spacial score (nSPS) is 16.4. The summed E-state index contributed by atoms with van der Waals surface area (Å²) >= 11 is 4.42. The van der Waals surface area contributed by atoms with Gasteiger partial charge in [0.1, 0.15) is 6.79 Å². The van der Waals surface area contributed by atoms with E-state index in [0.717, 1.165) is 25.9 Å². The Morgan fingerprint density at radius 1 is 0.880 bits per heavy atom. The topological polar surface area (TPSA) is 18.5 Å². The van der Waals surface area contributed by atoms with Gasteiger partial charge in [0.15, 0.2) is 0 Å². The monoisotopic (exact) mass is 386 g/mol. The van der Waals surface area contributed by atoms with Crippen LogP contribution in [0.4, 0.5) is 0 Å². The first kappa shape index (κ1) is 23.2. The summed E-state index contributed by atoms with van der Waals surface area (Å²) in [6.45, 7) is 3.61. The highest BCUT2D eigenvalue weighted by molar-refractivity contribution is 8.18. The average molecular weight is 387 g/mol. The van der Waals surface area contributed by atoms with Crippen LogP contribution in [0.3, 0.4) is 0 Å². The third kappa shape index (κ3) is 12.2. The largest absolute Gasteiger partial charge is 0.359 e. The van der Waals surface area contributed by atoms with Gasteiger partial charge in [0.05, 0.1) is 4.08 Å². The van der Waals surface area contributed by atoms with E-state index in [1.54, 1.807) is 7.11 Å². The van der Waals surface area contributed by atoms with E-state index >= 15 is 0 Å². The minimum absolute atomic E-state index is 0.423. The number of ether oxygens (including phenoxy) is 2. The van der Waals surface area contributed by atoms with Crippen molar-refractivity contribution in [2.24, 2.45) is 0 Å². The number of hydrogen-bond acceptors (Lipinski definition) is 4. The molecule has 0 aromatic carbocycles. The van der Waals surface area contributed by atoms with Gasteiger partial charge in [0.25, 0.3) is 0 Å². The van der Waals surface area contributed by atoms with Gasteiger partial charge in [-0.1, -0.05) is 32.6 Å². The molecule has 0 bridgehead atoms. The van der Waals surface area contributed by atoms with Gasteiger partial charge in [-0.05, 0) is 50.0 Å². The molecule has 0 aliphatic carbocycles. The smallest absolute Gasteiger partial charge is 0.146 e. The zero-order valence-electron chi connectivity index (χ0n) is 16.4. The standard InChI is InChI=1S/C21H38O2S2/c1-3-21(24-18-15-19-25-21)16-13-11-9-7-5-4-6-8-10-12-14-17-23-20-22-2/h3-4,6,8-20H2,1-2H3. The van der Waals surface area contributed by atoms with E-state index < -0.39 is 0 Å². The quantitative estimate of drug-likeness (QED) is 0.193. The van der Waals surface area contributed by atoms with Crippen LogP contribution in [-0.2, 0) is 9.47 Å². The first-order valence-electron chi connectivity index (χ1n) is 10.1. The van der Waals surface area contributed by atoms with Crippen LogP contribution >= 0.6 is 23.5 Å². The molecule has 0 radical (unpaired) electrons. The molecule has 1 heterocycles. The first-order chi connectivity index (χ1) is 12.3. The van der Waals surface area contributed by atoms with Gasteiger partial charge in [-0.3, -0.25) is 0 Å². The van der Waals surface area contributed by atoms with Gasteiger partial charge in [0, 0.05) is 26.6 Å². The summed E-state index contributed by atoms with van der Waals surface area (Å²) in [6, 6.07) is 0. The lowest BCUT2D eigenvalue weighted by Gasteiger charge is -2.35. The lowest BCUT2D eigenvalue weighted by atomic mass is 10.1. The average Bonchev–Trinajstić information content (AvgIpc) is 2.65. The molecular formula is C21H38O2S2. The van der Waals surface area contributed by atoms with Crippen molar-refractivity contribution < 1.29 is 9.47 Å². The molecule has 0 spiro atoms. The summed E-state index contributed by atoms with van der Waals surface area (Å²) < 4.78 is 10.7. The first-order valence-corrected chi connectivity index (χ1v) is 12.1. The zero-order chi connectivity index (χ0) is 18.1. The molecule has 146 valence electrons. The maximum absolute atomic E-state index is 5.28. The summed E-state index contributed by atoms with van der Waals surface area (Å²) in [5.41, 5.74) is 0. The van der Waals surface area contributed by atoms with Crippen molar-refractivity contribution in [3.8, 4) is 11.8 Å². The van der Waals surface area contributed by atoms with Crippen molar-refractivity contribution >= 4 is 23.5 Å². The van der Waals surface area contributed by atoms with Gasteiger partial charge >= 0.3 is 0 Å². The van der Waals surface area contributed by atoms with Gasteiger partial charge in [0.2, 0.25) is 0 Å². The summed E-state index contributed by atoms with van der Waals surface area (Å²) in [7, 11) is 1.66. The maximum atomic E-state index is 5.28. The lowest BCUT2D eigenvalue weighted by molar-refractivity contribution is -0.0315. The molecule has 0 atom stereocenters. The Kier molecular flexibility index (Phi) is 15.2. The molecule has 25 heavy (non-hydrogen) atoms. The molecule has 1 rings (SSSR count). The number of hydrogen-bond donors (Lipinski definition) is 0. The zero-order valence-corrected chi connectivity index (χ0v) is 18.1. The summed E-state index contributed by atoms with van der Waals surface area (Å²) in [4.78, 5) is 0. The second-order valence-electron chi connectivity index (χ2n) is 6.71. The fraction of sp³-hybridized carbons (Fsp3) is 0.905. The van der Waals surface area contributed by atoms with Gasteiger partial charge in [-0.2, -0.15) is 0 Å². The van der Waals surface area contributed by atoms with E-state index in [-0.39, 0.29) is 0 Å². The molecule has 1 saturated heterocycles.